The molecule has 1 N–H and O–H groups in total. The Balaban J connectivity index is 2.16. The van der Waals surface area contributed by atoms with Gasteiger partial charge in [0.1, 0.15) is 19.0 Å². The summed E-state index contributed by atoms with van der Waals surface area (Å²) in [5, 5.41) is 9.31. The second-order valence-electron chi connectivity index (χ2n) is 4.34. The molecule has 1 heterocycles. The molecule has 0 unspecified atom stereocenters. The van der Waals surface area contributed by atoms with Crippen LogP contribution in [0, 0.1) is 0 Å². The molecule has 0 bridgehead atoms. The number of benzene rings is 1. The second kappa shape index (κ2) is 6.33. The van der Waals surface area contributed by atoms with Crippen molar-refractivity contribution in [1.29, 1.82) is 0 Å². The van der Waals surface area contributed by atoms with Crippen molar-refractivity contribution in [2.75, 3.05) is 6.61 Å². The molecule has 102 valence electrons. The second-order valence-corrected chi connectivity index (χ2v) is 4.34. The number of aromatic nitrogens is 2. The molecule has 2 rings (SSSR count). The van der Waals surface area contributed by atoms with Crippen molar-refractivity contribution >= 4 is 17.0 Å². The van der Waals surface area contributed by atoms with Crippen LogP contribution in [0.25, 0.3) is 11.0 Å². The van der Waals surface area contributed by atoms with Gasteiger partial charge in [0.05, 0.1) is 17.6 Å². The average Bonchev–Trinajstić information content (AvgIpc) is 2.77. The number of rotatable bonds is 6. The van der Waals surface area contributed by atoms with Gasteiger partial charge in [-0.15, -0.1) is 0 Å². The van der Waals surface area contributed by atoms with Crippen LogP contribution in [-0.2, 0) is 22.7 Å². The van der Waals surface area contributed by atoms with Crippen LogP contribution < -0.4 is 0 Å². The molecule has 0 aliphatic carbocycles. The van der Waals surface area contributed by atoms with Gasteiger partial charge in [-0.25, -0.2) is 4.98 Å². The van der Waals surface area contributed by atoms with Crippen molar-refractivity contribution in [2.45, 2.75) is 32.9 Å². The maximum absolute atomic E-state index is 11.7. The van der Waals surface area contributed by atoms with E-state index in [0.29, 0.717) is 12.4 Å². The van der Waals surface area contributed by atoms with E-state index >= 15 is 0 Å². The molecular formula is C14H18N2O3. The third-order valence-corrected chi connectivity index (χ3v) is 2.92. The lowest BCUT2D eigenvalue weighted by Gasteiger charge is -2.08. The quantitative estimate of drug-likeness (QED) is 0.637. The highest BCUT2D eigenvalue weighted by Gasteiger charge is 2.13. The number of aliphatic hydroxyl groups is 1. The molecule has 1 aromatic carbocycles. The minimum Gasteiger partial charge on any atom is -0.464 e. The zero-order valence-corrected chi connectivity index (χ0v) is 11.0. The Morgan fingerprint density at radius 1 is 1.42 bits per heavy atom. The summed E-state index contributed by atoms with van der Waals surface area (Å²) in [6, 6.07) is 7.48. The summed E-state index contributed by atoms with van der Waals surface area (Å²) in [5.74, 6) is 0.181. The Labute approximate surface area is 111 Å². The number of carbonyl (C=O) groups excluding carboxylic acids is 1. The molecule has 0 aliphatic rings. The minimum absolute atomic E-state index is 0.0835. The molecule has 0 saturated carbocycles. The molecule has 0 spiro atoms. The van der Waals surface area contributed by atoms with E-state index in [4.69, 9.17) is 4.74 Å². The van der Waals surface area contributed by atoms with Crippen molar-refractivity contribution in [3.63, 3.8) is 0 Å². The summed E-state index contributed by atoms with van der Waals surface area (Å²) in [6.45, 7) is 2.37. The van der Waals surface area contributed by atoms with Crippen molar-refractivity contribution in [3.05, 3.63) is 30.1 Å². The Morgan fingerprint density at radius 3 is 2.95 bits per heavy atom. The zero-order valence-electron chi connectivity index (χ0n) is 11.0. The van der Waals surface area contributed by atoms with E-state index in [-0.39, 0.29) is 19.1 Å². The predicted octanol–water partition coefficient (Wildman–Crippen LogP) is 1.87. The smallest absolute Gasteiger partial charge is 0.326 e. The molecule has 0 aliphatic heterocycles. The SMILES string of the molecule is CCCCOC(=O)Cn1c(CO)nc2ccccc21. The van der Waals surface area contributed by atoms with Gasteiger partial charge in [0.25, 0.3) is 0 Å². The van der Waals surface area contributed by atoms with Crippen LogP contribution in [0.1, 0.15) is 25.6 Å². The summed E-state index contributed by atoms with van der Waals surface area (Å²) in [4.78, 5) is 16.0. The maximum Gasteiger partial charge on any atom is 0.326 e. The summed E-state index contributed by atoms with van der Waals surface area (Å²) in [7, 11) is 0. The number of ether oxygens (including phenoxy) is 1. The van der Waals surface area contributed by atoms with Crippen LogP contribution in [0.5, 0.6) is 0 Å². The summed E-state index contributed by atoms with van der Waals surface area (Å²) < 4.78 is 6.83. The normalized spacial score (nSPS) is 10.8. The first-order chi connectivity index (χ1) is 9.26. The highest BCUT2D eigenvalue weighted by molar-refractivity contribution is 5.78. The Kier molecular flexibility index (Phi) is 4.52. The lowest BCUT2D eigenvalue weighted by Crippen LogP contribution is -2.16. The molecule has 0 saturated heterocycles. The molecule has 0 amide bonds. The van der Waals surface area contributed by atoms with E-state index in [2.05, 4.69) is 4.98 Å². The molecule has 0 atom stereocenters. The monoisotopic (exact) mass is 262 g/mol. The summed E-state index contributed by atoms with van der Waals surface area (Å²) in [5.41, 5.74) is 1.60. The van der Waals surface area contributed by atoms with E-state index in [1.807, 2.05) is 31.2 Å². The van der Waals surface area contributed by atoms with Gasteiger partial charge < -0.3 is 14.4 Å². The molecule has 2 aromatic rings. The van der Waals surface area contributed by atoms with Crippen LogP contribution in [0.2, 0.25) is 0 Å². The fourth-order valence-corrected chi connectivity index (χ4v) is 1.93. The number of carbonyl (C=O) groups is 1. The molecule has 5 nitrogen and oxygen atoms in total. The van der Waals surface area contributed by atoms with Crippen molar-refractivity contribution in [1.82, 2.24) is 9.55 Å². The molecule has 1 aromatic heterocycles. The molecule has 5 heteroatoms. The van der Waals surface area contributed by atoms with E-state index in [1.165, 1.54) is 0 Å². The van der Waals surface area contributed by atoms with E-state index in [9.17, 15) is 9.90 Å². The van der Waals surface area contributed by atoms with E-state index in [0.717, 1.165) is 23.9 Å². The maximum atomic E-state index is 11.7. The van der Waals surface area contributed by atoms with E-state index in [1.54, 1.807) is 4.57 Å². The molecule has 0 radical (unpaired) electrons. The molecule has 0 fully saturated rings. The van der Waals surface area contributed by atoms with Gasteiger partial charge in [-0.3, -0.25) is 4.79 Å². The first kappa shape index (κ1) is 13.5. The minimum atomic E-state index is -0.300. The van der Waals surface area contributed by atoms with Gasteiger partial charge in [0, 0.05) is 0 Å². The van der Waals surface area contributed by atoms with Crippen LogP contribution in [0.15, 0.2) is 24.3 Å². The Hall–Kier alpha value is -1.88. The van der Waals surface area contributed by atoms with Gasteiger partial charge >= 0.3 is 5.97 Å². The van der Waals surface area contributed by atoms with Gasteiger partial charge in [0.2, 0.25) is 0 Å². The number of fused-ring (bicyclic) bond motifs is 1. The van der Waals surface area contributed by atoms with Gasteiger partial charge in [-0.05, 0) is 18.6 Å². The highest BCUT2D eigenvalue weighted by atomic mass is 16.5. The van der Waals surface area contributed by atoms with Crippen LogP contribution in [0.3, 0.4) is 0 Å². The fourth-order valence-electron chi connectivity index (χ4n) is 1.93. The predicted molar refractivity (Wildman–Crippen MR) is 71.5 cm³/mol. The van der Waals surface area contributed by atoms with E-state index < -0.39 is 0 Å². The first-order valence-corrected chi connectivity index (χ1v) is 6.47. The van der Waals surface area contributed by atoms with Gasteiger partial charge in [0.15, 0.2) is 0 Å². The van der Waals surface area contributed by atoms with Crippen molar-refractivity contribution < 1.29 is 14.6 Å². The number of hydrogen-bond acceptors (Lipinski definition) is 4. The fraction of sp³-hybridized carbons (Fsp3) is 0.429. The van der Waals surface area contributed by atoms with Crippen LogP contribution in [-0.4, -0.2) is 27.2 Å². The first-order valence-electron chi connectivity index (χ1n) is 6.47. The van der Waals surface area contributed by atoms with Crippen LogP contribution in [0.4, 0.5) is 0 Å². The third kappa shape index (κ3) is 3.12. The van der Waals surface area contributed by atoms with Gasteiger partial charge in [-0.2, -0.15) is 0 Å². The zero-order chi connectivity index (χ0) is 13.7. The largest absolute Gasteiger partial charge is 0.464 e. The number of unbranched alkanes of at least 4 members (excludes halogenated alkanes) is 1. The number of para-hydroxylation sites is 2. The van der Waals surface area contributed by atoms with Gasteiger partial charge in [-0.1, -0.05) is 25.5 Å². The summed E-state index contributed by atoms with van der Waals surface area (Å²) >= 11 is 0. The standard InChI is InChI=1S/C14H18N2O3/c1-2-3-8-19-14(18)9-16-12-7-5-4-6-11(12)15-13(16)10-17/h4-7,17H,2-3,8-10H2,1H3. The number of imidazole rings is 1. The number of esters is 1. The average molecular weight is 262 g/mol. The molecule has 19 heavy (non-hydrogen) atoms. The summed E-state index contributed by atoms with van der Waals surface area (Å²) in [6.07, 6.45) is 1.85. The van der Waals surface area contributed by atoms with Crippen molar-refractivity contribution in [2.24, 2.45) is 0 Å². The number of nitrogens with zero attached hydrogens (tertiary/aromatic N) is 2. The Morgan fingerprint density at radius 2 is 2.21 bits per heavy atom. The third-order valence-electron chi connectivity index (χ3n) is 2.92. The lowest BCUT2D eigenvalue weighted by molar-refractivity contribution is -0.144. The van der Waals surface area contributed by atoms with Crippen LogP contribution >= 0.6 is 0 Å². The van der Waals surface area contributed by atoms with Crippen molar-refractivity contribution in [3.8, 4) is 0 Å². The number of aliphatic hydroxyl groups excluding tert-OH is 1. The topological polar surface area (TPSA) is 64.3 Å². The highest BCUT2D eigenvalue weighted by Crippen LogP contribution is 2.16. The Bertz CT molecular complexity index is 563. The number of hydrogen-bond donors (Lipinski definition) is 1. The molecular weight excluding hydrogens is 244 g/mol. The lowest BCUT2D eigenvalue weighted by atomic mass is 10.3.